The minimum absolute atomic E-state index is 0.0619. The topological polar surface area (TPSA) is 100 Å². The maximum atomic E-state index is 12.1. The summed E-state index contributed by atoms with van der Waals surface area (Å²) in [4.78, 5) is 33.4. The predicted molar refractivity (Wildman–Crippen MR) is 131 cm³/mol. The molecule has 0 fully saturated rings. The second kappa shape index (κ2) is 7.35. The molecule has 6 rings (SSSR count). The third-order valence-corrected chi connectivity index (χ3v) is 6.03. The van der Waals surface area contributed by atoms with Gasteiger partial charge < -0.3 is 10.2 Å². The van der Waals surface area contributed by atoms with Crippen molar-refractivity contribution in [2.24, 2.45) is 0 Å². The van der Waals surface area contributed by atoms with Crippen LogP contribution in [0.4, 0.5) is 0 Å². The fourth-order valence-electron chi connectivity index (χ4n) is 4.44. The minimum atomic E-state index is -1.10. The van der Waals surface area contributed by atoms with Crippen molar-refractivity contribution in [1.29, 1.82) is 0 Å². The van der Waals surface area contributed by atoms with Crippen LogP contribution in [0, 0.1) is 0 Å². The third kappa shape index (κ3) is 3.12. The highest BCUT2D eigenvalue weighted by molar-refractivity contribution is 6.09. The van der Waals surface area contributed by atoms with Gasteiger partial charge in [-0.05, 0) is 59.7 Å². The van der Waals surface area contributed by atoms with Gasteiger partial charge in [0.05, 0.1) is 33.2 Å². The Morgan fingerprint density at radius 3 is 1.35 bits per heavy atom. The molecule has 0 atom stereocenters. The number of hydrogen-bond donors (Lipinski definition) is 2. The van der Waals surface area contributed by atoms with Crippen molar-refractivity contribution >= 4 is 55.6 Å². The molecule has 0 unspecified atom stereocenters. The fraction of sp³-hybridized carbons (Fsp3) is 0. The van der Waals surface area contributed by atoms with Crippen molar-refractivity contribution in [3.63, 3.8) is 0 Å². The van der Waals surface area contributed by atoms with E-state index < -0.39 is 11.9 Å². The zero-order valence-corrected chi connectivity index (χ0v) is 17.7. The summed E-state index contributed by atoms with van der Waals surface area (Å²) in [6.07, 6.45) is 0. The number of benzene rings is 4. The van der Waals surface area contributed by atoms with Crippen molar-refractivity contribution in [2.45, 2.75) is 0 Å². The van der Waals surface area contributed by atoms with Crippen LogP contribution in [0.15, 0.2) is 84.9 Å². The summed E-state index contributed by atoms with van der Waals surface area (Å²) >= 11 is 0. The molecule has 6 heteroatoms. The molecule has 162 valence electrons. The summed E-state index contributed by atoms with van der Waals surface area (Å²) in [6, 6.07) is 25.6. The molecule has 0 radical (unpaired) electrons. The van der Waals surface area contributed by atoms with E-state index in [-0.39, 0.29) is 11.1 Å². The predicted octanol–water partition coefficient (Wildman–Crippen LogP) is 6.15. The second-order valence-electron chi connectivity index (χ2n) is 8.16. The van der Waals surface area contributed by atoms with Gasteiger partial charge in [0.15, 0.2) is 0 Å². The monoisotopic (exact) mass is 444 g/mol. The molecular weight excluding hydrogens is 428 g/mol. The Morgan fingerprint density at radius 1 is 0.529 bits per heavy atom. The van der Waals surface area contributed by atoms with Gasteiger partial charge in [0.25, 0.3) is 0 Å². The first kappa shape index (κ1) is 19.8. The first-order valence-corrected chi connectivity index (χ1v) is 10.6. The number of pyridine rings is 2. The lowest BCUT2D eigenvalue weighted by atomic mass is 9.95. The highest BCUT2D eigenvalue weighted by Crippen LogP contribution is 2.33. The summed E-state index contributed by atoms with van der Waals surface area (Å²) < 4.78 is 0. The summed E-state index contributed by atoms with van der Waals surface area (Å²) in [5.41, 5.74) is 3.52. The van der Waals surface area contributed by atoms with Crippen LogP contribution in [-0.2, 0) is 0 Å². The van der Waals surface area contributed by atoms with Gasteiger partial charge in [-0.1, -0.05) is 36.4 Å². The number of hydrogen-bond acceptors (Lipinski definition) is 4. The lowest BCUT2D eigenvalue weighted by Gasteiger charge is -2.12. The minimum Gasteiger partial charge on any atom is -0.478 e. The number of nitrogens with zero attached hydrogens (tertiary/aromatic N) is 2. The zero-order chi connectivity index (χ0) is 23.4. The molecule has 0 saturated heterocycles. The quantitative estimate of drug-likeness (QED) is 0.317. The van der Waals surface area contributed by atoms with Gasteiger partial charge >= 0.3 is 11.9 Å². The molecule has 0 aliphatic carbocycles. The summed E-state index contributed by atoms with van der Waals surface area (Å²) in [6.45, 7) is 0. The van der Waals surface area contributed by atoms with Crippen molar-refractivity contribution in [3.8, 4) is 11.1 Å². The van der Waals surface area contributed by atoms with E-state index in [1.165, 1.54) is 0 Å². The molecule has 0 aliphatic rings. The number of aromatic carboxylic acids is 2. The number of para-hydroxylation sites is 2. The highest BCUT2D eigenvalue weighted by atomic mass is 16.4. The molecule has 2 heterocycles. The van der Waals surface area contributed by atoms with Gasteiger partial charge in [0, 0.05) is 21.5 Å². The lowest BCUT2D eigenvalue weighted by molar-refractivity contribution is 0.0687. The van der Waals surface area contributed by atoms with Crippen LogP contribution in [0.3, 0.4) is 0 Å². The normalized spacial score (nSPS) is 11.4. The number of carboxylic acids is 2. The molecular formula is C28H16N2O4. The van der Waals surface area contributed by atoms with Crippen LogP contribution in [0.5, 0.6) is 0 Å². The molecule has 6 nitrogen and oxygen atoms in total. The van der Waals surface area contributed by atoms with Crippen molar-refractivity contribution in [2.75, 3.05) is 0 Å². The summed E-state index contributed by atoms with van der Waals surface area (Å²) in [7, 11) is 0. The molecule has 0 aliphatic heterocycles. The van der Waals surface area contributed by atoms with E-state index >= 15 is 0 Å². The van der Waals surface area contributed by atoms with Gasteiger partial charge in [-0.2, -0.15) is 0 Å². The Kier molecular flexibility index (Phi) is 4.28. The smallest absolute Gasteiger partial charge is 0.337 e. The Labute approximate surface area is 192 Å². The molecule has 0 amide bonds. The molecule has 4 aromatic carbocycles. The van der Waals surface area contributed by atoms with E-state index in [4.69, 9.17) is 0 Å². The average molecular weight is 444 g/mol. The van der Waals surface area contributed by atoms with Gasteiger partial charge in [0.2, 0.25) is 0 Å². The molecule has 2 aromatic heterocycles. The maximum Gasteiger partial charge on any atom is 0.337 e. The van der Waals surface area contributed by atoms with Crippen LogP contribution in [0.25, 0.3) is 54.7 Å². The number of rotatable bonds is 3. The van der Waals surface area contributed by atoms with Gasteiger partial charge in [-0.3, -0.25) is 0 Å². The standard InChI is InChI=1S/C28H16N2O4/c31-27(32)21-13-17(11-19-9-15-5-1-3-7-23(15)29-25(19)21)18-12-20-10-16-6-2-4-8-24(16)30-26(20)22(14-18)28(33)34/h1-14H,(H,31,32)(H,33,34). The zero-order valence-electron chi connectivity index (χ0n) is 17.7. The highest BCUT2D eigenvalue weighted by Gasteiger charge is 2.17. The molecule has 34 heavy (non-hydrogen) atoms. The van der Waals surface area contributed by atoms with E-state index in [0.717, 1.165) is 10.8 Å². The van der Waals surface area contributed by atoms with Gasteiger partial charge in [-0.25, -0.2) is 19.6 Å². The van der Waals surface area contributed by atoms with Gasteiger partial charge in [0.1, 0.15) is 0 Å². The van der Waals surface area contributed by atoms with E-state index in [0.29, 0.717) is 44.0 Å². The Hall–Kier alpha value is -4.84. The van der Waals surface area contributed by atoms with Gasteiger partial charge in [-0.15, -0.1) is 0 Å². The van der Waals surface area contributed by atoms with E-state index in [1.54, 1.807) is 12.1 Å². The summed E-state index contributed by atoms with van der Waals surface area (Å²) in [5.74, 6) is -2.19. The van der Waals surface area contributed by atoms with Crippen molar-refractivity contribution < 1.29 is 19.8 Å². The molecule has 0 spiro atoms. The van der Waals surface area contributed by atoms with Crippen LogP contribution in [-0.4, -0.2) is 32.1 Å². The first-order chi connectivity index (χ1) is 16.5. The Balaban J connectivity index is 1.67. The van der Waals surface area contributed by atoms with E-state index in [2.05, 4.69) is 9.97 Å². The number of carboxylic acid groups (broad SMARTS) is 2. The SMILES string of the molecule is O=C(O)c1cc(-c2cc(C(=O)O)c3nc4ccccc4cc3c2)cc2cc3ccccc3nc12. The largest absolute Gasteiger partial charge is 0.478 e. The Bertz CT molecular complexity index is 1690. The molecule has 0 saturated carbocycles. The van der Waals surface area contributed by atoms with E-state index in [9.17, 15) is 19.8 Å². The number of fused-ring (bicyclic) bond motifs is 4. The van der Waals surface area contributed by atoms with Crippen molar-refractivity contribution in [1.82, 2.24) is 9.97 Å². The third-order valence-electron chi connectivity index (χ3n) is 6.03. The van der Waals surface area contributed by atoms with Crippen molar-refractivity contribution in [3.05, 3.63) is 96.1 Å². The molecule has 6 aromatic rings. The van der Waals surface area contributed by atoms with Crippen LogP contribution >= 0.6 is 0 Å². The first-order valence-electron chi connectivity index (χ1n) is 10.6. The molecule has 0 bridgehead atoms. The van der Waals surface area contributed by atoms with Crippen LogP contribution in [0.1, 0.15) is 20.7 Å². The fourth-order valence-corrected chi connectivity index (χ4v) is 4.44. The van der Waals surface area contributed by atoms with Crippen LogP contribution < -0.4 is 0 Å². The number of carbonyl (C=O) groups is 2. The van der Waals surface area contributed by atoms with Crippen LogP contribution in [0.2, 0.25) is 0 Å². The number of aromatic nitrogens is 2. The average Bonchev–Trinajstić information content (AvgIpc) is 2.84. The molecule has 2 N–H and O–H groups in total. The van der Waals surface area contributed by atoms with E-state index in [1.807, 2.05) is 72.8 Å². The Morgan fingerprint density at radius 2 is 0.941 bits per heavy atom. The lowest BCUT2D eigenvalue weighted by Crippen LogP contribution is -2.02. The second-order valence-corrected chi connectivity index (χ2v) is 8.16. The maximum absolute atomic E-state index is 12.1. The summed E-state index contributed by atoms with van der Waals surface area (Å²) in [5, 5.41) is 23.0.